The number of H-pyrrole nitrogens is 1. The van der Waals surface area contributed by atoms with E-state index in [2.05, 4.69) is 26.5 Å². The lowest BCUT2D eigenvalue weighted by Crippen LogP contribution is -2.47. The average molecular weight is 304 g/mol. The maximum absolute atomic E-state index is 12.4. The molecule has 1 heterocycles. The highest BCUT2D eigenvalue weighted by Crippen LogP contribution is 2.39. The predicted molar refractivity (Wildman–Crippen MR) is 86.5 cm³/mol. The lowest BCUT2D eigenvalue weighted by Gasteiger charge is -2.28. The zero-order chi connectivity index (χ0) is 15.5. The lowest BCUT2D eigenvalue weighted by atomic mass is 9.95. The fourth-order valence-electron chi connectivity index (χ4n) is 3.22. The summed E-state index contributed by atoms with van der Waals surface area (Å²) in [6, 6.07) is 2.42. The number of hydrogen-bond acceptors (Lipinski definition) is 3. The van der Waals surface area contributed by atoms with E-state index < -0.39 is 0 Å². The molecule has 2 saturated carbocycles. The van der Waals surface area contributed by atoms with Crippen molar-refractivity contribution in [2.75, 3.05) is 7.05 Å². The molecule has 1 atom stereocenters. The number of nitrogens with zero attached hydrogens (tertiary/aromatic N) is 2. The highest BCUT2D eigenvalue weighted by Gasteiger charge is 2.27. The van der Waals surface area contributed by atoms with Crippen LogP contribution in [0.5, 0.6) is 0 Å². The number of aromatic amines is 1. The summed E-state index contributed by atoms with van der Waals surface area (Å²) < 4.78 is 0. The molecule has 2 aliphatic rings. The number of nitrogens with one attached hydrogen (secondary N) is 2. The highest BCUT2D eigenvalue weighted by molar-refractivity contribution is 5.81. The van der Waals surface area contributed by atoms with E-state index in [1.165, 1.54) is 37.8 Å². The molecular weight excluding hydrogens is 276 g/mol. The third kappa shape index (κ3) is 3.88. The molecule has 0 aromatic carbocycles. The zero-order valence-corrected chi connectivity index (χ0v) is 13.8. The number of hydrogen-bond donors (Lipinski definition) is 2. The maximum atomic E-state index is 12.4. The SMILES string of the molecule is CC(C(=O)NC1CCCCC1)N(C)Cc1cc(C2CC2)n[nH]1. The van der Waals surface area contributed by atoms with Gasteiger partial charge < -0.3 is 5.32 Å². The summed E-state index contributed by atoms with van der Waals surface area (Å²) in [6.45, 7) is 2.72. The minimum atomic E-state index is -0.116. The van der Waals surface area contributed by atoms with Gasteiger partial charge in [-0.25, -0.2) is 0 Å². The molecule has 0 saturated heterocycles. The molecule has 0 bridgehead atoms. The van der Waals surface area contributed by atoms with Gasteiger partial charge in [0, 0.05) is 24.2 Å². The summed E-state index contributed by atoms with van der Waals surface area (Å²) in [6.07, 6.45) is 8.59. The van der Waals surface area contributed by atoms with E-state index >= 15 is 0 Å². The van der Waals surface area contributed by atoms with Crippen LogP contribution in [0.1, 0.15) is 69.2 Å². The molecule has 0 aliphatic heterocycles. The van der Waals surface area contributed by atoms with Gasteiger partial charge in [0.25, 0.3) is 0 Å². The molecule has 0 spiro atoms. The van der Waals surface area contributed by atoms with Gasteiger partial charge in [0.1, 0.15) is 0 Å². The minimum Gasteiger partial charge on any atom is -0.352 e. The van der Waals surface area contributed by atoms with Crippen molar-refractivity contribution in [2.24, 2.45) is 0 Å². The Balaban J connectivity index is 1.48. The Hall–Kier alpha value is -1.36. The summed E-state index contributed by atoms with van der Waals surface area (Å²) in [7, 11) is 2.00. The zero-order valence-electron chi connectivity index (χ0n) is 13.8. The normalized spacial score (nSPS) is 21.0. The number of rotatable bonds is 6. The van der Waals surface area contributed by atoms with Crippen LogP contribution in [0.2, 0.25) is 0 Å². The van der Waals surface area contributed by atoms with E-state index in [0.29, 0.717) is 12.0 Å². The average Bonchev–Trinajstić information content (AvgIpc) is 3.27. The van der Waals surface area contributed by atoms with Gasteiger partial charge in [0.2, 0.25) is 5.91 Å². The summed E-state index contributed by atoms with van der Waals surface area (Å²) in [5.41, 5.74) is 2.28. The van der Waals surface area contributed by atoms with E-state index in [9.17, 15) is 4.79 Å². The second kappa shape index (κ2) is 6.82. The Kier molecular flexibility index (Phi) is 4.81. The second-order valence-corrected chi connectivity index (χ2v) is 7.03. The smallest absolute Gasteiger partial charge is 0.237 e. The van der Waals surface area contributed by atoms with Crippen LogP contribution in [0.3, 0.4) is 0 Å². The van der Waals surface area contributed by atoms with Crippen molar-refractivity contribution in [3.8, 4) is 0 Å². The molecule has 1 amide bonds. The quantitative estimate of drug-likeness (QED) is 0.849. The van der Waals surface area contributed by atoms with Gasteiger partial charge >= 0.3 is 0 Å². The van der Waals surface area contributed by atoms with Crippen LogP contribution < -0.4 is 5.32 Å². The first-order valence-corrected chi connectivity index (χ1v) is 8.68. The van der Waals surface area contributed by atoms with Gasteiger partial charge in [-0.1, -0.05) is 19.3 Å². The molecule has 5 nitrogen and oxygen atoms in total. The Labute approximate surface area is 132 Å². The molecule has 1 aromatic rings. The van der Waals surface area contributed by atoms with Crippen LogP contribution in [0.4, 0.5) is 0 Å². The summed E-state index contributed by atoms with van der Waals surface area (Å²) >= 11 is 0. The molecular formula is C17H28N4O. The van der Waals surface area contributed by atoms with Crippen LogP contribution in [0.25, 0.3) is 0 Å². The second-order valence-electron chi connectivity index (χ2n) is 7.03. The molecule has 1 unspecified atom stereocenters. The van der Waals surface area contributed by atoms with E-state index in [-0.39, 0.29) is 11.9 Å². The van der Waals surface area contributed by atoms with Crippen molar-refractivity contribution in [2.45, 2.75) is 76.4 Å². The predicted octanol–water partition coefficient (Wildman–Crippen LogP) is 2.56. The summed E-state index contributed by atoms with van der Waals surface area (Å²) in [4.78, 5) is 14.5. The van der Waals surface area contributed by atoms with Crippen LogP contribution >= 0.6 is 0 Å². The molecule has 1 aromatic heterocycles. The molecule has 122 valence electrons. The van der Waals surface area contributed by atoms with E-state index in [4.69, 9.17) is 0 Å². The van der Waals surface area contributed by atoms with Crippen LogP contribution in [0, 0.1) is 0 Å². The van der Waals surface area contributed by atoms with Gasteiger partial charge in [0.15, 0.2) is 0 Å². The van der Waals surface area contributed by atoms with E-state index in [1.54, 1.807) is 0 Å². The van der Waals surface area contributed by atoms with Crippen molar-refractivity contribution in [3.05, 3.63) is 17.5 Å². The molecule has 2 aliphatic carbocycles. The third-order valence-electron chi connectivity index (χ3n) is 5.06. The van der Waals surface area contributed by atoms with E-state index in [1.807, 2.05) is 14.0 Å². The van der Waals surface area contributed by atoms with Crippen LogP contribution in [-0.4, -0.2) is 40.1 Å². The Bertz CT molecular complexity index is 503. The van der Waals surface area contributed by atoms with E-state index in [0.717, 1.165) is 25.1 Å². The highest BCUT2D eigenvalue weighted by atomic mass is 16.2. The molecule has 2 N–H and O–H groups in total. The molecule has 0 radical (unpaired) electrons. The number of carbonyl (C=O) groups excluding carboxylic acids is 1. The van der Waals surface area contributed by atoms with Crippen molar-refractivity contribution in [1.82, 2.24) is 20.4 Å². The monoisotopic (exact) mass is 304 g/mol. The maximum Gasteiger partial charge on any atom is 0.237 e. The van der Waals surface area contributed by atoms with Crippen molar-refractivity contribution in [3.63, 3.8) is 0 Å². The van der Waals surface area contributed by atoms with Crippen molar-refractivity contribution < 1.29 is 4.79 Å². The number of aromatic nitrogens is 2. The third-order valence-corrected chi connectivity index (χ3v) is 5.06. The molecule has 22 heavy (non-hydrogen) atoms. The van der Waals surface area contributed by atoms with Crippen LogP contribution in [-0.2, 0) is 11.3 Å². The number of amides is 1. The van der Waals surface area contributed by atoms with Crippen molar-refractivity contribution >= 4 is 5.91 Å². The lowest BCUT2D eigenvalue weighted by molar-refractivity contribution is -0.126. The van der Waals surface area contributed by atoms with Gasteiger partial charge in [0.05, 0.1) is 11.7 Å². The van der Waals surface area contributed by atoms with Gasteiger partial charge in [-0.05, 0) is 45.7 Å². The first-order chi connectivity index (χ1) is 10.6. The molecule has 5 heteroatoms. The Morgan fingerprint density at radius 2 is 2.09 bits per heavy atom. The summed E-state index contributed by atoms with van der Waals surface area (Å²) in [5.74, 6) is 0.818. The van der Waals surface area contributed by atoms with Gasteiger partial charge in [-0.3, -0.25) is 14.8 Å². The van der Waals surface area contributed by atoms with Crippen molar-refractivity contribution in [1.29, 1.82) is 0 Å². The fraction of sp³-hybridized carbons (Fsp3) is 0.765. The molecule has 2 fully saturated rings. The molecule has 3 rings (SSSR count). The largest absolute Gasteiger partial charge is 0.352 e. The van der Waals surface area contributed by atoms with Gasteiger partial charge in [-0.2, -0.15) is 5.10 Å². The Morgan fingerprint density at radius 3 is 2.77 bits per heavy atom. The first-order valence-electron chi connectivity index (χ1n) is 8.68. The topological polar surface area (TPSA) is 61.0 Å². The first kappa shape index (κ1) is 15.5. The fourth-order valence-corrected chi connectivity index (χ4v) is 3.22. The summed E-state index contributed by atoms with van der Waals surface area (Å²) in [5, 5.41) is 10.7. The van der Waals surface area contributed by atoms with Gasteiger partial charge in [-0.15, -0.1) is 0 Å². The minimum absolute atomic E-state index is 0.116. The van der Waals surface area contributed by atoms with Crippen LogP contribution in [0.15, 0.2) is 6.07 Å². The Morgan fingerprint density at radius 1 is 1.36 bits per heavy atom. The standard InChI is InChI=1S/C17H28N4O/c1-12(17(22)18-14-6-4-3-5-7-14)21(2)11-15-10-16(20-19-15)13-8-9-13/h10,12-14H,3-9,11H2,1-2H3,(H,18,22)(H,19,20). The number of likely N-dealkylation sites (N-methyl/N-ethyl adjacent to an activating group) is 1. The number of carbonyl (C=O) groups is 1.